The number of carbonyl (C=O) groups excluding carboxylic acids is 2. The summed E-state index contributed by atoms with van der Waals surface area (Å²) < 4.78 is 11.8. The van der Waals surface area contributed by atoms with Crippen molar-refractivity contribution in [3.05, 3.63) is 64.6 Å². The smallest absolute Gasteiger partial charge is 0.408 e. The molecule has 2 N–H and O–H groups in total. The summed E-state index contributed by atoms with van der Waals surface area (Å²) in [5.41, 5.74) is 0.931. The van der Waals surface area contributed by atoms with Crippen molar-refractivity contribution in [1.82, 2.24) is 5.32 Å². The Bertz CT molecular complexity index is 773. The molecule has 0 aliphatic heterocycles. The molecule has 28 heavy (non-hydrogen) atoms. The van der Waals surface area contributed by atoms with Gasteiger partial charge in [-0.3, -0.25) is 4.79 Å². The molecule has 0 fully saturated rings. The average molecular weight is 449 g/mol. The van der Waals surface area contributed by atoms with Gasteiger partial charge in [-0.15, -0.1) is 0 Å². The molecule has 0 aliphatic carbocycles. The van der Waals surface area contributed by atoms with Gasteiger partial charge < -0.3 is 20.1 Å². The van der Waals surface area contributed by atoms with Crippen molar-refractivity contribution in [3.63, 3.8) is 0 Å². The highest BCUT2D eigenvalue weighted by Gasteiger charge is 2.24. The van der Waals surface area contributed by atoms with Crippen LogP contribution in [0, 0.1) is 0 Å². The van der Waals surface area contributed by atoms with Crippen LogP contribution in [0.15, 0.2) is 59.1 Å². The lowest BCUT2D eigenvalue weighted by Gasteiger charge is -2.23. The number of amides is 2. The molecule has 0 saturated heterocycles. The Balaban J connectivity index is 2.00. The van der Waals surface area contributed by atoms with Crippen LogP contribution in [-0.2, 0) is 20.9 Å². The number of rotatable bonds is 7. The number of benzene rings is 2. The fourth-order valence-corrected chi connectivity index (χ4v) is 2.53. The van der Waals surface area contributed by atoms with Gasteiger partial charge in [0.15, 0.2) is 0 Å². The van der Waals surface area contributed by atoms with E-state index in [1.165, 1.54) is 0 Å². The van der Waals surface area contributed by atoms with Gasteiger partial charge >= 0.3 is 6.09 Å². The molecule has 2 rings (SSSR count). The minimum absolute atomic E-state index is 0.0104. The van der Waals surface area contributed by atoms with Crippen molar-refractivity contribution in [2.24, 2.45) is 0 Å². The van der Waals surface area contributed by atoms with E-state index in [4.69, 9.17) is 9.47 Å². The molecule has 1 atom stereocenters. The molecule has 0 aromatic heterocycles. The van der Waals surface area contributed by atoms with E-state index >= 15 is 0 Å². The Kier molecular flexibility index (Phi) is 8.02. The molecule has 0 unspecified atom stereocenters. The third-order valence-corrected chi connectivity index (χ3v) is 4.04. The van der Waals surface area contributed by atoms with Crippen LogP contribution in [0.5, 0.6) is 0 Å². The maximum Gasteiger partial charge on any atom is 0.408 e. The highest BCUT2D eigenvalue weighted by atomic mass is 79.9. The van der Waals surface area contributed by atoms with Gasteiger partial charge in [0, 0.05) is 10.2 Å². The van der Waals surface area contributed by atoms with Gasteiger partial charge in [-0.2, -0.15) is 0 Å². The Morgan fingerprint density at radius 2 is 1.68 bits per heavy atom. The Labute approximate surface area is 173 Å². The van der Waals surface area contributed by atoms with E-state index in [9.17, 15) is 9.59 Å². The second-order valence-electron chi connectivity index (χ2n) is 7.20. The van der Waals surface area contributed by atoms with E-state index in [-0.39, 0.29) is 12.5 Å². The predicted octanol–water partition coefficient (Wildman–Crippen LogP) is 4.50. The van der Waals surface area contributed by atoms with E-state index in [0.717, 1.165) is 10.0 Å². The molecular weight excluding hydrogens is 424 g/mol. The average Bonchev–Trinajstić information content (AvgIpc) is 2.62. The highest BCUT2D eigenvalue weighted by molar-refractivity contribution is 9.10. The summed E-state index contributed by atoms with van der Waals surface area (Å²) in [5, 5.41) is 5.36. The summed E-state index contributed by atoms with van der Waals surface area (Å²) in [6.45, 7) is 5.62. The van der Waals surface area contributed by atoms with Crippen molar-refractivity contribution < 1.29 is 19.1 Å². The van der Waals surface area contributed by atoms with Crippen LogP contribution in [0.25, 0.3) is 0 Å². The number of alkyl carbamates (subject to hydrolysis) is 1. The summed E-state index contributed by atoms with van der Waals surface area (Å²) in [4.78, 5) is 24.8. The largest absolute Gasteiger partial charge is 0.444 e. The molecule has 150 valence electrons. The van der Waals surface area contributed by atoms with Crippen molar-refractivity contribution >= 4 is 33.6 Å². The normalized spacial score (nSPS) is 12.1. The summed E-state index contributed by atoms with van der Waals surface area (Å²) >= 11 is 3.35. The van der Waals surface area contributed by atoms with Crippen LogP contribution in [0.4, 0.5) is 10.5 Å². The molecule has 7 heteroatoms. The third-order valence-electron chi connectivity index (χ3n) is 3.52. The zero-order valence-corrected chi connectivity index (χ0v) is 17.8. The first kappa shape index (κ1) is 21.9. The first-order chi connectivity index (χ1) is 13.2. The van der Waals surface area contributed by atoms with E-state index in [1.807, 2.05) is 42.5 Å². The maximum absolute atomic E-state index is 12.7. The third kappa shape index (κ3) is 8.10. The first-order valence-corrected chi connectivity index (χ1v) is 9.70. The molecule has 0 radical (unpaired) electrons. The second kappa shape index (κ2) is 10.2. The van der Waals surface area contributed by atoms with E-state index in [0.29, 0.717) is 12.3 Å². The molecule has 2 aromatic rings. The van der Waals surface area contributed by atoms with Crippen LogP contribution < -0.4 is 10.6 Å². The van der Waals surface area contributed by atoms with Gasteiger partial charge in [-0.25, -0.2) is 4.79 Å². The molecule has 0 bridgehead atoms. The second-order valence-corrected chi connectivity index (χ2v) is 8.11. The Morgan fingerprint density at radius 1 is 1.04 bits per heavy atom. The lowest BCUT2D eigenvalue weighted by atomic mass is 10.2. The number of ether oxygens (including phenoxy) is 2. The molecule has 0 saturated carbocycles. The van der Waals surface area contributed by atoms with E-state index in [2.05, 4.69) is 26.6 Å². The zero-order valence-electron chi connectivity index (χ0n) is 16.2. The number of nitrogens with one attached hydrogen (secondary N) is 2. The first-order valence-electron chi connectivity index (χ1n) is 8.90. The van der Waals surface area contributed by atoms with Crippen molar-refractivity contribution in [1.29, 1.82) is 0 Å². The molecule has 0 aliphatic rings. The van der Waals surface area contributed by atoms with Gasteiger partial charge in [0.2, 0.25) is 5.91 Å². The van der Waals surface area contributed by atoms with Gasteiger partial charge in [-0.1, -0.05) is 46.3 Å². The minimum atomic E-state index is -0.901. The fraction of sp³-hybridized carbons (Fsp3) is 0.333. The van der Waals surface area contributed by atoms with Gasteiger partial charge in [0.25, 0.3) is 0 Å². The molecule has 6 nitrogen and oxygen atoms in total. The zero-order chi connectivity index (χ0) is 20.6. The van der Waals surface area contributed by atoms with Crippen LogP contribution in [0.2, 0.25) is 0 Å². The van der Waals surface area contributed by atoms with E-state index < -0.39 is 17.7 Å². The van der Waals surface area contributed by atoms with E-state index in [1.54, 1.807) is 32.9 Å². The minimum Gasteiger partial charge on any atom is -0.444 e. The van der Waals surface area contributed by atoms with Gasteiger partial charge in [0.1, 0.15) is 11.6 Å². The molecule has 0 spiro atoms. The summed E-state index contributed by atoms with van der Waals surface area (Å²) in [5.74, 6) is -0.388. The Morgan fingerprint density at radius 3 is 2.29 bits per heavy atom. The monoisotopic (exact) mass is 448 g/mol. The van der Waals surface area contributed by atoms with Gasteiger partial charge in [0.05, 0.1) is 13.2 Å². The number of carbonyl (C=O) groups is 2. The number of hydrogen-bond acceptors (Lipinski definition) is 4. The van der Waals surface area contributed by atoms with Crippen molar-refractivity contribution in [2.75, 3.05) is 11.9 Å². The number of hydrogen-bond donors (Lipinski definition) is 2. The maximum atomic E-state index is 12.7. The Hall–Kier alpha value is -2.38. The molecular formula is C21H25BrN2O4. The van der Waals surface area contributed by atoms with Crippen LogP contribution in [0.3, 0.4) is 0 Å². The SMILES string of the molecule is CC(C)(C)OC(=O)N[C@@H](COCc1ccccc1)C(=O)Nc1ccc(Br)cc1. The van der Waals surface area contributed by atoms with Crippen LogP contribution in [0.1, 0.15) is 26.3 Å². The van der Waals surface area contributed by atoms with Crippen LogP contribution in [-0.4, -0.2) is 30.3 Å². The quantitative estimate of drug-likeness (QED) is 0.653. The van der Waals surface area contributed by atoms with Crippen LogP contribution >= 0.6 is 15.9 Å². The van der Waals surface area contributed by atoms with Crippen molar-refractivity contribution in [3.8, 4) is 0 Å². The highest BCUT2D eigenvalue weighted by Crippen LogP contribution is 2.14. The molecule has 2 amide bonds. The number of anilines is 1. The molecule has 0 heterocycles. The van der Waals surface area contributed by atoms with Crippen molar-refractivity contribution in [2.45, 2.75) is 39.0 Å². The lowest BCUT2D eigenvalue weighted by Crippen LogP contribution is -2.48. The summed E-state index contributed by atoms with van der Waals surface area (Å²) in [6.07, 6.45) is -0.674. The summed E-state index contributed by atoms with van der Waals surface area (Å²) in [6, 6.07) is 15.9. The molecule has 2 aromatic carbocycles. The standard InChI is InChI=1S/C21H25BrN2O4/c1-21(2,3)28-20(26)24-18(14-27-13-15-7-5-4-6-8-15)19(25)23-17-11-9-16(22)10-12-17/h4-12,18H,13-14H2,1-3H3,(H,23,25)(H,24,26)/t18-/m0/s1. The van der Waals surface area contributed by atoms with Gasteiger partial charge in [-0.05, 0) is 50.6 Å². The topological polar surface area (TPSA) is 76.7 Å². The lowest BCUT2D eigenvalue weighted by molar-refractivity contribution is -0.119. The summed E-state index contributed by atoms with van der Waals surface area (Å²) in [7, 11) is 0. The predicted molar refractivity (Wildman–Crippen MR) is 112 cm³/mol. The fourth-order valence-electron chi connectivity index (χ4n) is 2.26. The number of halogens is 1.